The number of hydrogen-bond acceptors (Lipinski definition) is 0. The molecule has 0 aliphatic heterocycles. The third-order valence-corrected chi connectivity index (χ3v) is 21.6. The van der Waals surface area contributed by atoms with Gasteiger partial charge in [-0.3, -0.25) is 0 Å². The third-order valence-electron chi connectivity index (χ3n) is 6.63. The van der Waals surface area contributed by atoms with Gasteiger partial charge < -0.3 is 24.8 Å². The summed E-state index contributed by atoms with van der Waals surface area (Å²) in [5.41, 5.74) is 1.14. The van der Waals surface area contributed by atoms with Gasteiger partial charge in [-0.2, -0.15) is 0 Å². The van der Waals surface area contributed by atoms with Crippen LogP contribution in [0.4, 0.5) is 0 Å². The van der Waals surface area contributed by atoms with Crippen LogP contribution in [0.1, 0.15) is 0 Å². The largest absolute Gasteiger partial charge is 1.00 e. The fourth-order valence-corrected chi connectivity index (χ4v) is 21.8. The molecule has 1 aromatic heterocycles. The van der Waals surface area contributed by atoms with E-state index in [0.717, 1.165) is 5.57 Å². The molecule has 1 aliphatic carbocycles. The SMILES string of the molecule is C=C1C=CC=[C]1[Ti+2]([c]1ccccc1)([c]1ccccc1)([c]1ccccc1)[c]1ccc[pH]1.[Cl-].[Cl-]. The van der Waals surface area contributed by atoms with Crippen LogP contribution in [0.3, 0.4) is 0 Å². The second kappa shape index (κ2) is 9.84. The first-order valence-electron chi connectivity index (χ1n) is 10.3. The summed E-state index contributed by atoms with van der Waals surface area (Å²) >= 11 is -4.21. The van der Waals surface area contributed by atoms with Gasteiger partial charge >= 0.3 is 182 Å². The zero-order valence-electron chi connectivity index (χ0n) is 17.6. The summed E-state index contributed by atoms with van der Waals surface area (Å²) in [4.78, 5) is 0. The molecule has 0 saturated carbocycles. The summed E-state index contributed by atoms with van der Waals surface area (Å²) in [5.74, 6) is 2.33. The van der Waals surface area contributed by atoms with Crippen LogP contribution >= 0.6 is 8.19 Å². The Bertz CT molecular complexity index is 1150. The van der Waals surface area contributed by atoms with Crippen molar-refractivity contribution in [3.05, 3.63) is 143 Å². The van der Waals surface area contributed by atoms with Crippen LogP contribution in [0.25, 0.3) is 0 Å². The molecule has 1 aliphatic rings. The molecule has 3 aromatic carbocycles. The molecule has 0 amide bonds. The first kappa shape index (κ1) is 24.6. The fourth-order valence-electron chi connectivity index (χ4n) is 5.48. The van der Waals surface area contributed by atoms with Crippen molar-refractivity contribution in [2.24, 2.45) is 0 Å². The van der Waals surface area contributed by atoms with Crippen molar-refractivity contribution in [1.82, 2.24) is 0 Å². The predicted octanol–water partition coefficient (Wildman–Crippen LogP) is -0.973. The van der Waals surface area contributed by atoms with E-state index in [0.29, 0.717) is 8.19 Å². The van der Waals surface area contributed by atoms with Crippen LogP contribution in [0.15, 0.2) is 143 Å². The van der Waals surface area contributed by atoms with Crippen LogP contribution in [0, 0.1) is 0 Å². The second-order valence-electron chi connectivity index (χ2n) is 7.90. The molecule has 1 unspecified atom stereocenters. The van der Waals surface area contributed by atoms with Crippen molar-refractivity contribution >= 4 is 23.4 Å². The topological polar surface area (TPSA) is 0 Å². The van der Waals surface area contributed by atoms with E-state index in [1.807, 2.05) is 0 Å². The molecule has 1 heterocycles. The molecule has 0 N–H and O–H groups in total. The van der Waals surface area contributed by atoms with E-state index in [1.54, 1.807) is 3.60 Å². The number of halogens is 2. The number of hydrogen-bond donors (Lipinski definition) is 0. The van der Waals surface area contributed by atoms with Crippen LogP contribution in [-0.4, -0.2) is 0 Å². The Balaban J connectivity index is 0.00000144. The Morgan fingerprint density at radius 1 is 0.594 bits per heavy atom. The fraction of sp³-hybridized carbons (Fsp3) is 0. The maximum absolute atomic E-state index is 4.54. The minimum atomic E-state index is -4.21. The van der Waals surface area contributed by atoms with Gasteiger partial charge in [-0.25, -0.2) is 0 Å². The Morgan fingerprint density at radius 3 is 1.41 bits per heavy atom. The van der Waals surface area contributed by atoms with Crippen molar-refractivity contribution in [3.63, 3.8) is 0 Å². The molecule has 0 spiro atoms. The number of allylic oxidation sites excluding steroid dienone is 5. The van der Waals surface area contributed by atoms with Crippen molar-refractivity contribution < 1.29 is 40.1 Å². The second-order valence-corrected chi connectivity index (χ2v) is 18.1. The Morgan fingerprint density at radius 2 is 1.06 bits per heavy atom. The first-order chi connectivity index (χ1) is 14.8. The smallest absolute Gasteiger partial charge is 1.00 e. The van der Waals surface area contributed by atoms with Gasteiger partial charge in [0.2, 0.25) is 0 Å². The van der Waals surface area contributed by atoms with Gasteiger partial charge in [-0.05, 0) is 0 Å². The van der Waals surface area contributed by atoms with E-state index in [4.69, 9.17) is 0 Å². The quantitative estimate of drug-likeness (QED) is 0.304. The molecule has 4 heteroatoms. The molecule has 0 bridgehead atoms. The summed E-state index contributed by atoms with van der Waals surface area (Å²) in [6, 6.07) is 38.3. The van der Waals surface area contributed by atoms with Crippen LogP contribution in [0.5, 0.6) is 0 Å². The van der Waals surface area contributed by atoms with Gasteiger partial charge in [-0.15, -0.1) is 0 Å². The maximum Gasteiger partial charge on any atom is -1.00 e. The Labute approximate surface area is 205 Å². The minimum absolute atomic E-state index is 0. The predicted molar refractivity (Wildman–Crippen MR) is 130 cm³/mol. The molecule has 32 heavy (non-hydrogen) atoms. The van der Waals surface area contributed by atoms with Crippen LogP contribution < -0.4 is 40.0 Å². The molecule has 4 aromatic rings. The standard InChI is InChI=1S/4C6H5.C4H4P.2ClH.Ti/c1-6-4-2-3-5-6;3*1-2-4-6-5-3-1;1-2-4-5-3-1;;;/h2-4H,1H2;3*1-5H;1-3,5H;2*1H;/q;;;;;;;+2/p-2. The number of benzene rings is 3. The normalized spacial score (nSPS) is 13.4. The molecule has 0 nitrogen and oxygen atoms in total. The van der Waals surface area contributed by atoms with Gasteiger partial charge in [0.1, 0.15) is 0 Å². The van der Waals surface area contributed by atoms with Crippen LogP contribution in [0.2, 0.25) is 0 Å². The molecule has 0 saturated heterocycles. The van der Waals surface area contributed by atoms with E-state index in [1.165, 1.54) is 15.5 Å². The van der Waals surface area contributed by atoms with Crippen molar-refractivity contribution in [1.29, 1.82) is 0 Å². The number of rotatable bonds is 5. The van der Waals surface area contributed by atoms with Gasteiger partial charge in [0.05, 0.1) is 0 Å². The molecular formula is C28H24Cl2PTi. The van der Waals surface area contributed by atoms with Crippen molar-refractivity contribution in [2.75, 3.05) is 0 Å². The van der Waals surface area contributed by atoms with Gasteiger partial charge in [0.15, 0.2) is 0 Å². The van der Waals surface area contributed by atoms with Gasteiger partial charge in [-0.1, -0.05) is 0 Å². The molecule has 159 valence electrons. The molecule has 5 rings (SSSR count). The average molecular weight is 510 g/mol. The minimum Gasteiger partial charge on any atom is -1.00 e. The van der Waals surface area contributed by atoms with Crippen LogP contribution in [-0.2, 0) is 15.3 Å². The van der Waals surface area contributed by atoms with E-state index < -0.39 is 15.3 Å². The van der Waals surface area contributed by atoms with E-state index in [9.17, 15) is 0 Å². The Hall–Kier alpha value is -2.05. The first-order valence-corrected chi connectivity index (χ1v) is 15.3. The molecule has 0 fully saturated rings. The zero-order valence-corrected chi connectivity index (χ0v) is 21.7. The van der Waals surface area contributed by atoms with Gasteiger partial charge in [0, 0.05) is 0 Å². The third kappa shape index (κ3) is 3.26. The molecule has 1 atom stereocenters. The van der Waals surface area contributed by atoms with E-state index in [-0.39, 0.29) is 24.8 Å². The van der Waals surface area contributed by atoms with E-state index >= 15 is 0 Å². The summed E-state index contributed by atoms with van der Waals surface area (Å²) in [6.45, 7) is 4.54. The van der Waals surface area contributed by atoms with E-state index in [2.05, 4.69) is 134 Å². The van der Waals surface area contributed by atoms with Crippen molar-refractivity contribution in [3.8, 4) is 0 Å². The summed E-state index contributed by atoms with van der Waals surface area (Å²) in [7, 11) is 0.671. The summed E-state index contributed by atoms with van der Waals surface area (Å²) in [5, 5.41) is 0. The summed E-state index contributed by atoms with van der Waals surface area (Å²) < 4.78 is 7.28. The monoisotopic (exact) mass is 509 g/mol. The maximum atomic E-state index is 4.54. The Kier molecular flexibility index (Phi) is 7.56. The van der Waals surface area contributed by atoms with Crippen molar-refractivity contribution in [2.45, 2.75) is 0 Å². The molecular weight excluding hydrogens is 486 g/mol. The summed E-state index contributed by atoms with van der Waals surface area (Å²) in [6.07, 6.45) is 6.70. The molecule has 0 radical (unpaired) electrons. The van der Waals surface area contributed by atoms with Gasteiger partial charge in [0.25, 0.3) is 0 Å². The zero-order chi connectivity index (χ0) is 20.5. The average Bonchev–Trinajstić information content (AvgIpc) is 3.51.